The van der Waals surface area contributed by atoms with Gasteiger partial charge in [-0.2, -0.15) is 4.39 Å². The van der Waals surface area contributed by atoms with E-state index in [1.165, 1.54) is 0 Å². The highest BCUT2D eigenvalue weighted by molar-refractivity contribution is 5.99. The third kappa shape index (κ3) is 2.99. The highest BCUT2D eigenvalue weighted by Gasteiger charge is 2.34. The highest BCUT2D eigenvalue weighted by Crippen LogP contribution is 2.30. The van der Waals surface area contributed by atoms with Crippen molar-refractivity contribution in [3.05, 3.63) is 33.9 Å². The van der Waals surface area contributed by atoms with Gasteiger partial charge in [-0.05, 0) is 19.4 Å². The van der Waals surface area contributed by atoms with Gasteiger partial charge >= 0.3 is 5.69 Å². The minimum Gasteiger partial charge on any atom is -0.308 e. The molecule has 1 unspecified atom stereocenters. The van der Waals surface area contributed by atoms with E-state index in [4.69, 9.17) is 0 Å². The fraction of sp³-hybridized carbons (Fsp3) is 0.462. The zero-order valence-electron chi connectivity index (χ0n) is 11.4. The first-order chi connectivity index (χ1) is 9.95. The van der Waals surface area contributed by atoms with E-state index in [-0.39, 0.29) is 18.1 Å². The number of carbonyl (C=O) groups excluding carboxylic acids is 1. The molecule has 21 heavy (non-hydrogen) atoms. The molecule has 1 amide bonds. The van der Waals surface area contributed by atoms with Gasteiger partial charge in [0.1, 0.15) is 5.82 Å². The van der Waals surface area contributed by atoms with Crippen LogP contribution in [0.3, 0.4) is 0 Å². The monoisotopic (exact) mass is 299 g/mol. The molecule has 0 radical (unpaired) electrons. The molecule has 8 heteroatoms. The molecule has 2 rings (SSSR count). The van der Waals surface area contributed by atoms with Crippen LogP contribution < -0.4 is 10.2 Å². The Morgan fingerprint density at radius 2 is 2.14 bits per heavy atom. The average molecular weight is 299 g/mol. The van der Waals surface area contributed by atoms with Crippen molar-refractivity contribution in [3.8, 4) is 0 Å². The van der Waals surface area contributed by atoms with Crippen molar-refractivity contribution in [2.24, 2.45) is 0 Å². The number of carbonyl (C=O) groups is 1. The van der Waals surface area contributed by atoms with Crippen LogP contribution in [0.2, 0.25) is 0 Å². The molecule has 1 aromatic carbocycles. The second kappa shape index (κ2) is 6.13. The highest BCUT2D eigenvalue weighted by atomic mass is 19.1. The predicted molar refractivity (Wildman–Crippen MR) is 72.1 cm³/mol. The third-order valence-electron chi connectivity index (χ3n) is 3.35. The van der Waals surface area contributed by atoms with Crippen molar-refractivity contribution in [2.45, 2.75) is 25.8 Å². The lowest BCUT2D eigenvalue weighted by atomic mass is 10.2. The number of benzene rings is 1. The van der Waals surface area contributed by atoms with E-state index in [1.54, 1.807) is 0 Å². The van der Waals surface area contributed by atoms with Crippen LogP contribution in [0.5, 0.6) is 0 Å². The van der Waals surface area contributed by atoms with Gasteiger partial charge in [0.2, 0.25) is 11.7 Å². The Balaban J connectivity index is 2.28. The molecular weight excluding hydrogens is 284 g/mol. The summed E-state index contributed by atoms with van der Waals surface area (Å²) in [6.45, 7) is 2.84. The van der Waals surface area contributed by atoms with Gasteiger partial charge in [-0.15, -0.1) is 0 Å². The van der Waals surface area contributed by atoms with Gasteiger partial charge in [-0.1, -0.05) is 6.92 Å². The van der Waals surface area contributed by atoms with Gasteiger partial charge in [0, 0.05) is 18.7 Å². The normalized spacial score (nSPS) is 18.3. The molecule has 1 aromatic rings. The Morgan fingerprint density at radius 3 is 2.76 bits per heavy atom. The molecule has 0 saturated carbocycles. The van der Waals surface area contributed by atoms with E-state index in [1.807, 2.05) is 6.92 Å². The molecule has 0 aliphatic carbocycles. The number of rotatable bonds is 5. The van der Waals surface area contributed by atoms with Gasteiger partial charge in [-0.3, -0.25) is 14.9 Å². The van der Waals surface area contributed by atoms with Gasteiger partial charge in [-0.25, -0.2) is 4.39 Å². The average Bonchev–Trinajstić information content (AvgIpc) is 2.77. The number of nitrogens with one attached hydrogen (secondary N) is 1. The summed E-state index contributed by atoms with van der Waals surface area (Å²) in [5.74, 6) is -2.60. The second-order valence-electron chi connectivity index (χ2n) is 4.80. The van der Waals surface area contributed by atoms with Crippen molar-refractivity contribution in [1.82, 2.24) is 5.32 Å². The molecule has 1 fully saturated rings. The lowest BCUT2D eigenvalue weighted by molar-refractivity contribution is -0.387. The van der Waals surface area contributed by atoms with E-state index in [2.05, 4.69) is 5.32 Å². The smallest absolute Gasteiger partial charge is 0.307 e. The molecule has 1 aliphatic rings. The number of nitrogens with zero attached hydrogens (tertiary/aromatic N) is 2. The van der Waals surface area contributed by atoms with Crippen molar-refractivity contribution < 1.29 is 18.5 Å². The Bertz CT molecular complexity index is 580. The third-order valence-corrected chi connectivity index (χ3v) is 3.35. The maximum Gasteiger partial charge on any atom is 0.307 e. The molecule has 6 nitrogen and oxygen atoms in total. The van der Waals surface area contributed by atoms with E-state index in [0.29, 0.717) is 19.0 Å². The molecule has 1 aliphatic heterocycles. The van der Waals surface area contributed by atoms with Crippen molar-refractivity contribution >= 4 is 17.3 Å². The predicted octanol–water partition coefficient (Wildman–Crippen LogP) is 1.98. The summed E-state index contributed by atoms with van der Waals surface area (Å²) >= 11 is 0. The number of hydrogen-bond donors (Lipinski definition) is 1. The summed E-state index contributed by atoms with van der Waals surface area (Å²) < 4.78 is 27.1. The molecule has 1 saturated heterocycles. The van der Waals surface area contributed by atoms with Crippen molar-refractivity contribution in [1.29, 1.82) is 0 Å². The Labute approximate surface area is 119 Å². The Morgan fingerprint density at radius 1 is 1.43 bits per heavy atom. The SMILES string of the molecule is CCCNC1CCN(c2cc([N+](=O)[O-])c(F)cc2F)C1=O. The fourth-order valence-electron chi connectivity index (χ4n) is 2.30. The van der Waals surface area contributed by atoms with Crippen LogP contribution in [0.4, 0.5) is 20.2 Å². The van der Waals surface area contributed by atoms with Crippen molar-refractivity contribution in [2.75, 3.05) is 18.0 Å². The first kappa shape index (κ1) is 15.3. The lowest BCUT2D eigenvalue weighted by Crippen LogP contribution is -2.38. The Hall–Kier alpha value is -2.09. The lowest BCUT2D eigenvalue weighted by Gasteiger charge is -2.18. The number of anilines is 1. The summed E-state index contributed by atoms with van der Waals surface area (Å²) in [7, 11) is 0. The fourth-order valence-corrected chi connectivity index (χ4v) is 2.30. The quantitative estimate of drug-likeness (QED) is 0.666. The molecule has 1 heterocycles. The first-order valence-corrected chi connectivity index (χ1v) is 6.64. The largest absolute Gasteiger partial charge is 0.308 e. The zero-order chi connectivity index (χ0) is 15.6. The van der Waals surface area contributed by atoms with Crippen LogP contribution in [0.15, 0.2) is 12.1 Å². The van der Waals surface area contributed by atoms with Crippen LogP contribution in [0, 0.1) is 21.7 Å². The van der Waals surface area contributed by atoms with Crippen molar-refractivity contribution in [3.63, 3.8) is 0 Å². The molecule has 0 aromatic heterocycles. The van der Waals surface area contributed by atoms with E-state index < -0.39 is 28.3 Å². The topological polar surface area (TPSA) is 75.5 Å². The minimum absolute atomic E-state index is 0.236. The van der Waals surface area contributed by atoms with Crippen LogP contribution in [0.25, 0.3) is 0 Å². The molecule has 1 N–H and O–H groups in total. The summed E-state index contributed by atoms with van der Waals surface area (Å²) in [5.41, 5.74) is -1.10. The maximum absolute atomic E-state index is 13.8. The van der Waals surface area contributed by atoms with E-state index >= 15 is 0 Å². The Kier molecular flexibility index (Phi) is 4.46. The molecule has 1 atom stereocenters. The summed E-state index contributed by atoms with van der Waals surface area (Å²) in [4.78, 5) is 23.1. The van der Waals surface area contributed by atoms with E-state index in [0.717, 1.165) is 17.4 Å². The van der Waals surface area contributed by atoms with Gasteiger partial charge in [0.15, 0.2) is 0 Å². The second-order valence-corrected chi connectivity index (χ2v) is 4.80. The zero-order valence-corrected chi connectivity index (χ0v) is 11.4. The van der Waals surface area contributed by atoms with Gasteiger partial charge in [0.05, 0.1) is 16.7 Å². The number of nitro groups is 1. The molecule has 0 spiro atoms. The number of nitro benzene ring substituents is 1. The molecule has 0 bridgehead atoms. The molecular formula is C13H15F2N3O3. The van der Waals surface area contributed by atoms with Crippen LogP contribution in [-0.4, -0.2) is 30.0 Å². The van der Waals surface area contributed by atoms with E-state index in [9.17, 15) is 23.7 Å². The first-order valence-electron chi connectivity index (χ1n) is 6.64. The van der Waals surface area contributed by atoms with Crippen LogP contribution in [-0.2, 0) is 4.79 Å². The summed E-state index contributed by atoms with van der Waals surface area (Å²) in [6, 6.07) is 0.770. The number of hydrogen-bond acceptors (Lipinski definition) is 4. The maximum atomic E-state index is 13.8. The standard InChI is InChI=1S/C13H15F2N3O3/c1-2-4-16-10-3-5-17(13(10)19)11-7-12(18(20)21)9(15)6-8(11)14/h6-7,10,16H,2-5H2,1H3. The van der Waals surface area contributed by atoms with Crippen LogP contribution >= 0.6 is 0 Å². The number of halogens is 2. The number of amides is 1. The van der Waals surface area contributed by atoms with Crippen LogP contribution in [0.1, 0.15) is 19.8 Å². The summed E-state index contributed by atoms with van der Waals surface area (Å²) in [6.07, 6.45) is 1.32. The molecule has 114 valence electrons. The van der Waals surface area contributed by atoms with Gasteiger partial charge < -0.3 is 10.2 Å². The summed E-state index contributed by atoms with van der Waals surface area (Å²) in [5, 5.41) is 13.7. The van der Waals surface area contributed by atoms with Gasteiger partial charge in [0.25, 0.3) is 0 Å². The minimum atomic E-state index is -1.26.